The van der Waals surface area contributed by atoms with Gasteiger partial charge >= 0.3 is 0 Å². The van der Waals surface area contributed by atoms with Crippen molar-refractivity contribution in [1.82, 2.24) is 0 Å². The minimum absolute atomic E-state index is 0. The van der Waals surface area contributed by atoms with Gasteiger partial charge in [-0.05, 0) is 70.5 Å². The molecule has 7 nitrogen and oxygen atoms in total. The molecule has 0 saturated carbocycles. The third-order valence-corrected chi connectivity index (χ3v) is 5.54. The molecule has 188 valence electrons. The molecule has 0 aromatic heterocycles. The van der Waals surface area contributed by atoms with Gasteiger partial charge in [0.25, 0.3) is 11.4 Å². The molecule has 0 fully saturated rings. The average Bonchev–Trinajstić information content (AvgIpc) is 2.90. The molecule has 0 bridgehead atoms. The topological polar surface area (TPSA) is 118 Å². The summed E-state index contributed by atoms with van der Waals surface area (Å²) in [5.74, 6) is 0. The predicted molar refractivity (Wildman–Crippen MR) is 148 cm³/mol. The van der Waals surface area contributed by atoms with Crippen LogP contribution in [0.15, 0.2) is 122 Å². The Labute approximate surface area is 215 Å². The van der Waals surface area contributed by atoms with Crippen LogP contribution in [0.25, 0.3) is 22.3 Å². The molecular weight excluding hydrogens is 468 g/mol. The molecule has 0 aliphatic heterocycles. The lowest BCUT2D eigenvalue weighted by Gasteiger charge is -2.07. The minimum atomic E-state index is -0.389. The Kier molecular flexibility index (Phi) is 10.6. The highest BCUT2D eigenvalue weighted by molar-refractivity contribution is 5.69. The van der Waals surface area contributed by atoms with Crippen molar-refractivity contribution >= 4 is 11.4 Å². The van der Waals surface area contributed by atoms with Crippen molar-refractivity contribution in [2.75, 3.05) is 0 Å². The van der Waals surface area contributed by atoms with E-state index in [0.29, 0.717) is 0 Å². The standard InChI is InChI=1S/2C15H13NO2.H2O/c2*1-2-5-12-6-3-4-7-15(12)13-8-10-14(11-9-13)16(17)18;/h2*2-4,6-11H,1,5H2;1H2. The first kappa shape index (κ1) is 28.4. The van der Waals surface area contributed by atoms with Crippen LogP contribution in [0.3, 0.4) is 0 Å². The fourth-order valence-corrected chi connectivity index (χ4v) is 3.80. The maximum atomic E-state index is 10.6. The molecule has 0 aliphatic carbocycles. The fourth-order valence-electron chi connectivity index (χ4n) is 3.80. The monoisotopic (exact) mass is 496 g/mol. The summed E-state index contributed by atoms with van der Waals surface area (Å²) in [5, 5.41) is 21.2. The largest absolute Gasteiger partial charge is 0.412 e. The lowest BCUT2D eigenvalue weighted by atomic mass is 9.97. The highest BCUT2D eigenvalue weighted by atomic mass is 16.6. The Hall–Kier alpha value is -4.88. The van der Waals surface area contributed by atoms with E-state index in [9.17, 15) is 20.2 Å². The summed E-state index contributed by atoms with van der Waals surface area (Å²) in [6.07, 6.45) is 5.27. The number of nitro benzene ring substituents is 2. The van der Waals surface area contributed by atoms with Crippen molar-refractivity contribution in [1.29, 1.82) is 0 Å². The van der Waals surface area contributed by atoms with Crippen molar-refractivity contribution in [3.63, 3.8) is 0 Å². The molecule has 4 rings (SSSR count). The van der Waals surface area contributed by atoms with Crippen LogP contribution in [-0.4, -0.2) is 15.3 Å². The first-order valence-corrected chi connectivity index (χ1v) is 11.3. The SMILES string of the molecule is C=CCc1ccccc1-c1ccc([N+](=O)[O-])cc1.C=CCc1ccccc1-c1ccc([N+](=O)[O-])cc1.O. The normalized spacial score (nSPS) is 9.73. The quantitative estimate of drug-likeness (QED) is 0.146. The van der Waals surface area contributed by atoms with Crippen LogP contribution >= 0.6 is 0 Å². The van der Waals surface area contributed by atoms with Gasteiger partial charge in [-0.15, -0.1) is 13.2 Å². The third-order valence-electron chi connectivity index (χ3n) is 5.54. The van der Waals surface area contributed by atoms with E-state index in [-0.39, 0.29) is 26.7 Å². The Morgan fingerprint density at radius 3 is 1.19 bits per heavy atom. The van der Waals surface area contributed by atoms with Gasteiger partial charge in [-0.25, -0.2) is 0 Å². The number of non-ortho nitro benzene ring substituents is 2. The van der Waals surface area contributed by atoms with E-state index in [2.05, 4.69) is 13.2 Å². The second kappa shape index (κ2) is 13.9. The highest BCUT2D eigenvalue weighted by Gasteiger charge is 2.08. The molecule has 0 amide bonds. The first-order chi connectivity index (χ1) is 17.4. The van der Waals surface area contributed by atoms with Gasteiger partial charge in [0.05, 0.1) is 9.85 Å². The first-order valence-electron chi connectivity index (χ1n) is 11.3. The average molecular weight is 497 g/mol. The number of nitro groups is 2. The van der Waals surface area contributed by atoms with Gasteiger partial charge < -0.3 is 5.48 Å². The smallest absolute Gasteiger partial charge is 0.269 e. The fraction of sp³-hybridized carbons (Fsp3) is 0.0667. The second-order valence-electron chi connectivity index (χ2n) is 7.91. The van der Waals surface area contributed by atoms with Gasteiger partial charge in [0.2, 0.25) is 0 Å². The van der Waals surface area contributed by atoms with Gasteiger partial charge in [0.15, 0.2) is 0 Å². The number of hydrogen-bond acceptors (Lipinski definition) is 4. The molecule has 0 atom stereocenters. The highest BCUT2D eigenvalue weighted by Crippen LogP contribution is 2.27. The summed E-state index contributed by atoms with van der Waals surface area (Å²) in [7, 11) is 0. The third kappa shape index (κ3) is 7.55. The molecule has 2 N–H and O–H groups in total. The Morgan fingerprint density at radius 1 is 0.568 bits per heavy atom. The Morgan fingerprint density at radius 2 is 0.892 bits per heavy atom. The predicted octanol–water partition coefficient (Wildman–Crippen LogP) is 7.16. The zero-order chi connectivity index (χ0) is 25.9. The number of rotatable bonds is 8. The lowest BCUT2D eigenvalue weighted by Crippen LogP contribution is -1.90. The van der Waals surface area contributed by atoms with Gasteiger partial charge in [-0.1, -0.05) is 60.7 Å². The zero-order valence-corrected chi connectivity index (χ0v) is 20.2. The lowest BCUT2D eigenvalue weighted by molar-refractivity contribution is -0.385. The molecule has 4 aromatic rings. The van der Waals surface area contributed by atoms with Crippen molar-refractivity contribution in [3.8, 4) is 22.3 Å². The number of allylic oxidation sites excluding steroid dienone is 2. The summed E-state index contributed by atoms with van der Waals surface area (Å²) < 4.78 is 0. The van der Waals surface area contributed by atoms with Crippen molar-refractivity contribution in [2.45, 2.75) is 12.8 Å². The summed E-state index contributed by atoms with van der Waals surface area (Å²) in [5.41, 5.74) is 6.71. The summed E-state index contributed by atoms with van der Waals surface area (Å²) in [6.45, 7) is 7.48. The Balaban J connectivity index is 0.000000253. The number of hydrogen-bond donors (Lipinski definition) is 0. The molecule has 4 aromatic carbocycles. The van der Waals surface area contributed by atoms with Crippen LogP contribution < -0.4 is 0 Å². The van der Waals surface area contributed by atoms with Crippen molar-refractivity contribution in [2.24, 2.45) is 0 Å². The summed E-state index contributed by atoms with van der Waals surface area (Å²) >= 11 is 0. The van der Waals surface area contributed by atoms with Crippen molar-refractivity contribution < 1.29 is 15.3 Å². The van der Waals surface area contributed by atoms with Crippen LogP contribution in [0.5, 0.6) is 0 Å². The van der Waals surface area contributed by atoms with E-state index in [1.807, 2.05) is 60.7 Å². The van der Waals surface area contributed by atoms with Crippen LogP contribution in [0.4, 0.5) is 11.4 Å². The van der Waals surface area contributed by atoms with Crippen LogP contribution in [0, 0.1) is 20.2 Å². The van der Waals surface area contributed by atoms with E-state index in [1.54, 1.807) is 24.3 Å². The summed E-state index contributed by atoms with van der Waals surface area (Å²) in [6, 6.07) is 29.2. The molecule has 0 heterocycles. The van der Waals surface area contributed by atoms with Crippen LogP contribution in [0.2, 0.25) is 0 Å². The molecule has 0 aliphatic rings. The Bertz CT molecular complexity index is 1260. The zero-order valence-electron chi connectivity index (χ0n) is 20.2. The number of nitrogens with zero attached hydrogens (tertiary/aromatic N) is 2. The van der Waals surface area contributed by atoms with E-state index < -0.39 is 0 Å². The van der Waals surface area contributed by atoms with E-state index in [4.69, 9.17) is 0 Å². The summed E-state index contributed by atoms with van der Waals surface area (Å²) in [4.78, 5) is 20.4. The molecular formula is C30H28N2O5. The van der Waals surface area contributed by atoms with E-state index in [1.165, 1.54) is 35.4 Å². The van der Waals surface area contributed by atoms with Gasteiger partial charge in [0, 0.05) is 24.3 Å². The van der Waals surface area contributed by atoms with Crippen LogP contribution in [0.1, 0.15) is 11.1 Å². The minimum Gasteiger partial charge on any atom is -0.412 e. The van der Waals surface area contributed by atoms with Gasteiger partial charge in [0.1, 0.15) is 0 Å². The van der Waals surface area contributed by atoms with Gasteiger partial charge in [-0.3, -0.25) is 20.2 Å². The van der Waals surface area contributed by atoms with E-state index >= 15 is 0 Å². The van der Waals surface area contributed by atoms with Gasteiger partial charge in [-0.2, -0.15) is 0 Å². The molecule has 0 spiro atoms. The van der Waals surface area contributed by atoms with E-state index in [0.717, 1.165) is 35.1 Å². The molecule has 0 unspecified atom stereocenters. The molecule has 0 saturated heterocycles. The maximum Gasteiger partial charge on any atom is 0.269 e. The maximum absolute atomic E-state index is 10.6. The molecule has 37 heavy (non-hydrogen) atoms. The molecule has 0 radical (unpaired) electrons. The molecule has 7 heteroatoms. The second-order valence-corrected chi connectivity index (χ2v) is 7.91. The number of benzene rings is 4. The van der Waals surface area contributed by atoms with Crippen molar-refractivity contribution in [3.05, 3.63) is 154 Å². The van der Waals surface area contributed by atoms with Crippen LogP contribution in [-0.2, 0) is 12.8 Å².